The number of aliphatic hydroxyl groups is 1. The average molecular weight is 339 g/mol. The Morgan fingerprint density at radius 2 is 1.91 bits per heavy atom. The van der Waals surface area contributed by atoms with E-state index in [4.69, 9.17) is 5.11 Å². The van der Waals surface area contributed by atoms with Crippen molar-refractivity contribution in [3.63, 3.8) is 0 Å². The van der Waals surface area contributed by atoms with Gasteiger partial charge in [0.15, 0.2) is 11.2 Å². The molecule has 0 heterocycles. The van der Waals surface area contributed by atoms with Crippen molar-refractivity contribution in [2.75, 3.05) is 12.3 Å². The fraction of sp³-hybridized carbons (Fsp3) is 0.438. The Morgan fingerprint density at radius 1 is 1.26 bits per heavy atom. The molecule has 1 amide bonds. The lowest BCUT2D eigenvalue weighted by Crippen LogP contribution is -2.40. The van der Waals surface area contributed by atoms with Gasteiger partial charge in [-0.3, -0.25) is 9.59 Å². The highest BCUT2D eigenvalue weighted by molar-refractivity contribution is 8.13. The van der Waals surface area contributed by atoms with Gasteiger partial charge in [0.25, 0.3) is 0 Å². The van der Waals surface area contributed by atoms with Gasteiger partial charge in [-0.25, -0.2) is 4.79 Å². The van der Waals surface area contributed by atoms with Crippen molar-refractivity contribution in [2.24, 2.45) is 5.92 Å². The number of carbonyl (C=O) groups excluding carboxylic acids is 2. The lowest BCUT2D eigenvalue weighted by molar-refractivity contribution is -0.146. The summed E-state index contributed by atoms with van der Waals surface area (Å²) in [6, 6.07) is 7.64. The van der Waals surface area contributed by atoms with E-state index in [1.807, 2.05) is 31.2 Å². The molecule has 0 saturated carbocycles. The van der Waals surface area contributed by atoms with Crippen molar-refractivity contribution in [1.82, 2.24) is 5.32 Å². The summed E-state index contributed by atoms with van der Waals surface area (Å²) >= 11 is 1.05. The van der Waals surface area contributed by atoms with Gasteiger partial charge in [0.05, 0.1) is 12.5 Å². The van der Waals surface area contributed by atoms with E-state index in [1.54, 1.807) is 0 Å². The van der Waals surface area contributed by atoms with E-state index in [0.717, 1.165) is 22.9 Å². The number of hydrogen-bond acceptors (Lipinski definition) is 5. The zero-order chi connectivity index (χ0) is 17.4. The Labute approximate surface area is 139 Å². The quantitative estimate of drug-likeness (QED) is 0.653. The molecule has 3 N–H and O–H groups in total. The van der Waals surface area contributed by atoms with E-state index >= 15 is 0 Å². The van der Waals surface area contributed by atoms with Crippen LogP contribution < -0.4 is 5.32 Å². The van der Waals surface area contributed by atoms with Gasteiger partial charge in [-0.15, -0.1) is 0 Å². The molecule has 1 rings (SSSR count). The summed E-state index contributed by atoms with van der Waals surface area (Å²) in [6.45, 7) is 3.02. The number of aryl methyl sites for hydroxylation is 1. The number of benzene rings is 1. The van der Waals surface area contributed by atoms with Gasteiger partial charge in [0.1, 0.15) is 0 Å². The van der Waals surface area contributed by atoms with Gasteiger partial charge in [-0.1, -0.05) is 36.0 Å². The number of carboxylic acid groups (broad SMARTS) is 1. The monoisotopic (exact) mass is 339 g/mol. The van der Waals surface area contributed by atoms with Gasteiger partial charge in [-0.2, -0.15) is 0 Å². The molecular weight excluding hydrogens is 318 g/mol. The Hall–Kier alpha value is -1.86. The number of rotatable bonds is 8. The third-order valence-electron chi connectivity index (χ3n) is 3.34. The molecule has 0 fully saturated rings. The lowest BCUT2D eigenvalue weighted by Gasteiger charge is -2.18. The first-order chi connectivity index (χ1) is 10.8. The van der Waals surface area contributed by atoms with Gasteiger partial charge < -0.3 is 15.5 Å². The fourth-order valence-electron chi connectivity index (χ4n) is 1.98. The number of aliphatic hydroxyl groups excluding tert-OH is 1. The van der Waals surface area contributed by atoms with Crippen molar-refractivity contribution in [1.29, 1.82) is 0 Å². The summed E-state index contributed by atoms with van der Waals surface area (Å²) in [6.07, 6.45) is -1.19. The number of thioether (sulfide) groups is 1. The third kappa shape index (κ3) is 6.83. The lowest BCUT2D eigenvalue weighted by atomic mass is 9.96. The number of nitrogens with one attached hydrogen (secondary N) is 1. The van der Waals surface area contributed by atoms with Crippen LogP contribution in [0, 0.1) is 12.8 Å². The van der Waals surface area contributed by atoms with Gasteiger partial charge in [0.2, 0.25) is 5.91 Å². The van der Waals surface area contributed by atoms with Crippen molar-refractivity contribution in [2.45, 2.75) is 26.4 Å². The van der Waals surface area contributed by atoms with E-state index in [0.29, 0.717) is 12.2 Å². The molecule has 0 spiro atoms. The standard InChI is InChI=1S/C16H21NO5S/c1-10-5-3-4-6-12(10)7-13(9-23-11(2)18)15(20)17-8-14(19)16(21)22/h3-6,13-14,19H,7-9H2,1-2H3,(H,17,20)(H,21,22)/t13-,14+/m1/s1. The molecule has 0 aliphatic heterocycles. The van der Waals surface area contributed by atoms with Crippen LogP contribution in [0.3, 0.4) is 0 Å². The first kappa shape index (κ1) is 19.2. The molecule has 126 valence electrons. The van der Waals surface area contributed by atoms with Crippen molar-refractivity contribution in [3.8, 4) is 0 Å². The minimum absolute atomic E-state index is 0.0850. The van der Waals surface area contributed by atoms with E-state index in [9.17, 15) is 19.5 Å². The molecule has 0 radical (unpaired) electrons. The second-order valence-corrected chi connectivity index (χ2v) is 6.43. The maximum atomic E-state index is 12.3. The van der Waals surface area contributed by atoms with Crippen molar-refractivity contribution in [3.05, 3.63) is 35.4 Å². The molecule has 0 aliphatic carbocycles. The minimum Gasteiger partial charge on any atom is -0.479 e. The Kier molecular flexibility index (Phi) is 7.77. The molecule has 0 saturated heterocycles. The maximum Gasteiger partial charge on any atom is 0.334 e. The number of hydrogen-bond donors (Lipinski definition) is 3. The second-order valence-electron chi connectivity index (χ2n) is 5.23. The first-order valence-electron chi connectivity index (χ1n) is 7.17. The predicted molar refractivity (Wildman–Crippen MR) is 88.2 cm³/mol. The summed E-state index contributed by atoms with van der Waals surface area (Å²) < 4.78 is 0. The number of carboxylic acids is 1. The fourth-order valence-corrected chi connectivity index (χ4v) is 2.68. The van der Waals surface area contributed by atoms with Gasteiger partial charge in [0, 0.05) is 12.7 Å². The van der Waals surface area contributed by atoms with Crippen molar-refractivity contribution >= 4 is 28.8 Å². The second kappa shape index (κ2) is 9.32. The number of amides is 1. The van der Waals surface area contributed by atoms with Crippen LogP contribution in [0.2, 0.25) is 0 Å². The van der Waals surface area contributed by atoms with Crippen molar-refractivity contribution < 1.29 is 24.6 Å². The Balaban J connectivity index is 2.75. The molecule has 7 heteroatoms. The van der Waals surface area contributed by atoms with Crippen LogP contribution in [-0.4, -0.2) is 45.6 Å². The summed E-state index contributed by atoms with van der Waals surface area (Å²) in [5, 5.41) is 20.2. The average Bonchev–Trinajstić information content (AvgIpc) is 2.50. The molecule has 0 unspecified atom stereocenters. The predicted octanol–water partition coefficient (Wildman–Crippen LogP) is 0.995. The SMILES string of the molecule is CC(=O)SC[C@@H](Cc1ccccc1C)C(=O)NC[C@H](O)C(=O)O. The first-order valence-corrected chi connectivity index (χ1v) is 8.16. The molecular formula is C16H21NO5S. The normalized spacial score (nSPS) is 13.2. The van der Waals surface area contributed by atoms with E-state index < -0.39 is 18.0 Å². The zero-order valence-corrected chi connectivity index (χ0v) is 13.9. The summed E-state index contributed by atoms with van der Waals surface area (Å²) in [4.78, 5) is 34.0. The molecule has 1 aromatic rings. The highest BCUT2D eigenvalue weighted by Gasteiger charge is 2.22. The van der Waals surface area contributed by atoms with Gasteiger partial charge >= 0.3 is 5.97 Å². The number of aliphatic carboxylic acids is 1. The van der Waals surface area contributed by atoms with Crippen LogP contribution in [0.15, 0.2) is 24.3 Å². The molecule has 23 heavy (non-hydrogen) atoms. The Morgan fingerprint density at radius 3 is 2.48 bits per heavy atom. The molecule has 0 aliphatic rings. The van der Waals surface area contributed by atoms with Crippen LogP contribution in [0.25, 0.3) is 0 Å². The summed E-state index contributed by atoms with van der Waals surface area (Å²) in [7, 11) is 0. The smallest absolute Gasteiger partial charge is 0.334 e. The van der Waals surface area contributed by atoms with Gasteiger partial charge in [-0.05, 0) is 24.5 Å². The van der Waals surface area contributed by atoms with E-state index in [1.165, 1.54) is 6.92 Å². The minimum atomic E-state index is -1.64. The van der Waals surface area contributed by atoms with Crippen LogP contribution in [-0.2, 0) is 20.8 Å². The van der Waals surface area contributed by atoms with Crippen LogP contribution >= 0.6 is 11.8 Å². The summed E-state index contributed by atoms with van der Waals surface area (Å²) in [5.74, 6) is -1.94. The maximum absolute atomic E-state index is 12.3. The highest BCUT2D eigenvalue weighted by atomic mass is 32.2. The Bertz CT molecular complexity index is 575. The molecule has 2 atom stereocenters. The molecule has 1 aromatic carbocycles. The largest absolute Gasteiger partial charge is 0.479 e. The topological polar surface area (TPSA) is 104 Å². The van der Waals surface area contributed by atoms with E-state index in [2.05, 4.69) is 5.32 Å². The summed E-state index contributed by atoms with van der Waals surface area (Å²) in [5.41, 5.74) is 2.04. The zero-order valence-electron chi connectivity index (χ0n) is 13.1. The van der Waals surface area contributed by atoms with Crippen LogP contribution in [0.4, 0.5) is 0 Å². The number of carbonyl (C=O) groups is 3. The highest BCUT2D eigenvalue weighted by Crippen LogP contribution is 2.18. The van der Waals surface area contributed by atoms with Crippen LogP contribution in [0.1, 0.15) is 18.1 Å². The van der Waals surface area contributed by atoms with Crippen LogP contribution in [0.5, 0.6) is 0 Å². The molecule has 6 nitrogen and oxygen atoms in total. The molecule has 0 aromatic heterocycles. The molecule has 0 bridgehead atoms. The van der Waals surface area contributed by atoms with E-state index in [-0.39, 0.29) is 17.6 Å². The third-order valence-corrected chi connectivity index (χ3v) is 4.32.